The second kappa shape index (κ2) is 7.16. The summed E-state index contributed by atoms with van der Waals surface area (Å²) in [6.45, 7) is 1.84. The average Bonchev–Trinajstić information content (AvgIpc) is 2.45. The van der Waals surface area contributed by atoms with Crippen molar-refractivity contribution in [3.8, 4) is 0 Å². The maximum absolute atomic E-state index is 13.0. The van der Waals surface area contributed by atoms with Crippen LogP contribution in [0.5, 0.6) is 0 Å². The molecule has 0 aromatic heterocycles. The number of carbonyl (C=O) groups excluding carboxylic acids is 1. The zero-order chi connectivity index (χ0) is 15.4. The minimum Gasteiger partial charge on any atom is -0.325 e. The molecule has 0 aliphatic heterocycles. The van der Waals surface area contributed by atoms with E-state index < -0.39 is 5.82 Å². The van der Waals surface area contributed by atoms with Crippen molar-refractivity contribution >= 4 is 46.6 Å². The molecule has 0 saturated carbocycles. The summed E-state index contributed by atoms with van der Waals surface area (Å²) >= 11 is 13.0. The molecule has 0 fully saturated rings. The predicted molar refractivity (Wildman–Crippen MR) is 87.0 cm³/mol. The standard InChI is InChI=1S/C15H12Cl2FNOS/c1-9-11(16)3-2-4-14(9)19-15(20)8-21-10-5-6-13(18)12(17)7-10/h2-7H,8H2,1H3,(H,19,20). The van der Waals surface area contributed by atoms with Crippen molar-refractivity contribution in [1.29, 1.82) is 0 Å². The third-order valence-corrected chi connectivity index (χ3v) is 4.50. The molecule has 0 aliphatic carbocycles. The molecule has 2 aromatic carbocycles. The Hall–Kier alpha value is -1.23. The molecule has 21 heavy (non-hydrogen) atoms. The first-order valence-electron chi connectivity index (χ1n) is 6.10. The molecule has 0 aliphatic rings. The quantitative estimate of drug-likeness (QED) is 0.775. The number of hydrogen-bond donors (Lipinski definition) is 1. The van der Waals surface area contributed by atoms with Gasteiger partial charge >= 0.3 is 0 Å². The Morgan fingerprint density at radius 2 is 2.00 bits per heavy atom. The average molecular weight is 344 g/mol. The normalized spacial score (nSPS) is 10.5. The maximum atomic E-state index is 13.0. The second-order valence-corrected chi connectivity index (χ2v) is 6.19. The predicted octanol–water partition coefficient (Wildman–Crippen LogP) is 5.17. The van der Waals surface area contributed by atoms with Crippen molar-refractivity contribution in [2.45, 2.75) is 11.8 Å². The molecule has 0 atom stereocenters. The monoisotopic (exact) mass is 343 g/mol. The van der Waals surface area contributed by atoms with E-state index in [2.05, 4.69) is 5.32 Å². The molecule has 0 bridgehead atoms. The SMILES string of the molecule is Cc1c(Cl)cccc1NC(=O)CSc1ccc(F)c(Cl)c1. The number of rotatable bonds is 4. The third kappa shape index (κ3) is 4.37. The third-order valence-electron chi connectivity index (χ3n) is 2.80. The lowest BCUT2D eigenvalue weighted by Gasteiger charge is -2.09. The van der Waals surface area contributed by atoms with E-state index in [1.54, 1.807) is 24.3 Å². The fourth-order valence-corrected chi connectivity index (χ4v) is 2.80. The van der Waals surface area contributed by atoms with Crippen LogP contribution in [0.4, 0.5) is 10.1 Å². The fourth-order valence-electron chi connectivity index (χ4n) is 1.64. The van der Waals surface area contributed by atoms with Gasteiger partial charge in [0.1, 0.15) is 5.82 Å². The molecule has 110 valence electrons. The molecular formula is C15H12Cl2FNOS. The van der Waals surface area contributed by atoms with Crippen molar-refractivity contribution in [2.75, 3.05) is 11.1 Å². The lowest BCUT2D eigenvalue weighted by molar-refractivity contribution is -0.113. The summed E-state index contributed by atoms with van der Waals surface area (Å²) in [4.78, 5) is 12.7. The van der Waals surface area contributed by atoms with E-state index >= 15 is 0 Å². The van der Waals surface area contributed by atoms with Crippen LogP contribution in [-0.4, -0.2) is 11.7 Å². The molecule has 0 radical (unpaired) electrons. The van der Waals surface area contributed by atoms with Crippen LogP contribution in [0.2, 0.25) is 10.0 Å². The highest BCUT2D eigenvalue weighted by Gasteiger charge is 2.08. The van der Waals surface area contributed by atoms with Crippen LogP contribution >= 0.6 is 35.0 Å². The second-order valence-electron chi connectivity index (χ2n) is 4.33. The molecule has 0 unspecified atom stereocenters. The zero-order valence-electron chi connectivity index (χ0n) is 11.1. The van der Waals surface area contributed by atoms with Gasteiger partial charge in [-0.15, -0.1) is 11.8 Å². The van der Waals surface area contributed by atoms with Gasteiger partial charge in [0, 0.05) is 15.6 Å². The molecular weight excluding hydrogens is 332 g/mol. The molecule has 1 amide bonds. The summed E-state index contributed by atoms with van der Waals surface area (Å²) in [7, 11) is 0. The Morgan fingerprint density at radius 1 is 1.24 bits per heavy atom. The molecule has 1 N–H and O–H groups in total. The maximum Gasteiger partial charge on any atom is 0.234 e. The van der Waals surface area contributed by atoms with Gasteiger partial charge in [-0.05, 0) is 42.8 Å². The van der Waals surface area contributed by atoms with Gasteiger partial charge in [0.2, 0.25) is 5.91 Å². The lowest BCUT2D eigenvalue weighted by atomic mass is 10.2. The van der Waals surface area contributed by atoms with Crippen LogP contribution in [0.15, 0.2) is 41.3 Å². The van der Waals surface area contributed by atoms with Gasteiger partial charge in [0.05, 0.1) is 10.8 Å². The molecule has 0 saturated heterocycles. The number of hydrogen-bond acceptors (Lipinski definition) is 2. The Morgan fingerprint density at radius 3 is 2.71 bits per heavy atom. The zero-order valence-corrected chi connectivity index (χ0v) is 13.4. The Kier molecular flexibility index (Phi) is 5.51. The van der Waals surface area contributed by atoms with Gasteiger partial charge in [-0.25, -0.2) is 4.39 Å². The number of benzene rings is 2. The minimum absolute atomic E-state index is 0.0473. The van der Waals surface area contributed by atoms with Crippen LogP contribution in [0.1, 0.15) is 5.56 Å². The van der Waals surface area contributed by atoms with E-state index in [4.69, 9.17) is 23.2 Å². The van der Waals surface area contributed by atoms with Gasteiger partial charge in [0.15, 0.2) is 0 Å². The number of nitrogens with one attached hydrogen (secondary N) is 1. The van der Waals surface area contributed by atoms with Gasteiger partial charge in [-0.1, -0.05) is 29.3 Å². The lowest BCUT2D eigenvalue weighted by Crippen LogP contribution is -2.14. The fraction of sp³-hybridized carbons (Fsp3) is 0.133. The Bertz CT molecular complexity index is 679. The van der Waals surface area contributed by atoms with E-state index in [1.807, 2.05) is 6.92 Å². The van der Waals surface area contributed by atoms with E-state index in [0.29, 0.717) is 10.7 Å². The summed E-state index contributed by atoms with van der Waals surface area (Å²) in [5.41, 5.74) is 1.51. The summed E-state index contributed by atoms with van der Waals surface area (Å²) in [5, 5.41) is 3.45. The Balaban J connectivity index is 1.96. The van der Waals surface area contributed by atoms with Crippen LogP contribution in [0.25, 0.3) is 0 Å². The molecule has 2 nitrogen and oxygen atoms in total. The van der Waals surface area contributed by atoms with Gasteiger partial charge in [0.25, 0.3) is 0 Å². The van der Waals surface area contributed by atoms with Crippen molar-refractivity contribution in [1.82, 2.24) is 0 Å². The van der Waals surface area contributed by atoms with Crippen molar-refractivity contribution in [2.24, 2.45) is 0 Å². The van der Waals surface area contributed by atoms with Gasteiger partial charge < -0.3 is 5.32 Å². The smallest absolute Gasteiger partial charge is 0.234 e. The molecule has 0 spiro atoms. The van der Waals surface area contributed by atoms with Crippen molar-refractivity contribution in [3.63, 3.8) is 0 Å². The van der Waals surface area contributed by atoms with Crippen molar-refractivity contribution < 1.29 is 9.18 Å². The number of halogens is 3. The number of thioether (sulfide) groups is 1. The molecule has 0 heterocycles. The highest BCUT2D eigenvalue weighted by molar-refractivity contribution is 8.00. The number of anilines is 1. The van der Waals surface area contributed by atoms with E-state index in [9.17, 15) is 9.18 Å². The highest BCUT2D eigenvalue weighted by atomic mass is 35.5. The van der Waals surface area contributed by atoms with Gasteiger partial charge in [-0.3, -0.25) is 4.79 Å². The first-order chi connectivity index (χ1) is 9.97. The first-order valence-corrected chi connectivity index (χ1v) is 7.84. The van der Waals surface area contributed by atoms with E-state index in [-0.39, 0.29) is 16.7 Å². The Labute approximate surface area is 136 Å². The minimum atomic E-state index is -0.472. The summed E-state index contributed by atoms with van der Waals surface area (Å²) in [6.07, 6.45) is 0. The van der Waals surface area contributed by atoms with Crippen LogP contribution in [-0.2, 0) is 4.79 Å². The van der Waals surface area contributed by atoms with Crippen LogP contribution in [0, 0.1) is 12.7 Å². The first kappa shape index (κ1) is 16.1. The largest absolute Gasteiger partial charge is 0.325 e. The molecule has 2 aromatic rings. The van der Waals surface area contributed by atoms with Crippen LogP contribution in [0.3, 0.4) is 0 Å². The van der Waals surface area contributed by atoms with Crippen LogP contribution < -0.4 is 5.32 Å². The molecule has 6 heteroatoms. The summed E-state index contributed by atoms with van der Waals surface area (Å²) in [6, 6.07) is 9.70. The van der Waals surface area contributed by atoms with E-state index in [0.717, 1.165) is 10.5 Å². The number of carbonyl (C=O) groups is 1. The molecule has 2 rings (SSSR count). The van der Waals surface area contributed by atoms with Gasteiger partial charge in [-0.2, -0.15) is 0 Å². The number of amides is 1. The summed E-state index contributed by atoms with van der Waals surface area (Å²) in [5.74, 6) is -0.431. The summed E-state index contributed by atoms with van der Waals surface area (Å²) < 4.78 is 13.0. The van der Waals surface area contributed by atoms with E-state index in [1.165, 1.54) is 23.9 Å². The highest BCUT2D eigenvalue weighted by Crippen LogP contribution is 2.25. The topological polar surface area (TPSA) is 29.1 Å². The van der Waals surface area contributed by atoms with Crippen molar-refractivity contribution in [3.05, 3.63) is 57.8 Å².